The monoisotopic (exact) mass is 346 g/mol. The van der Waals surface area contributed by atoms with Crippen LogP contribution in [0.2, 0.25) is 0 Å². The van der Waals surface area contributed by atoms with Crippen molar-refractivity contribution in [2.75, 3.05) is 0 Å². The Morgan fingerprint density at radius 3 is 2.36 bits per heavy atom. The number of benzene rings is 1. The molecule has 0 spiro atoms. The van der Waals surface area contributed by atoms with Gasteiger partial charge in [-0.05, 0) is 56.0 Å². The SMILES string of the molecule is Cc1cc(C)cc(-c2nccc3c2sc2c(CC(C)C)ccnc23)c1. The van der Waals surface area contributed by atoms with Crippen LogP contribution >= 0.6 is 11.3 Å². The first kappa shape index (κ1) is 16.2. The van der Waals surface area contributed by atoms with Gasteiger partial charge in [-0.1, -0.05) is 31.0 Å². The Morgan fingerprint density at radius 1 is 0.920 bits per heavy atom. The second kappa shape index (κ2) is 6.23. The number of thiophene rings is 1. The molecular formula is C22H22N2S. The molecule has 2 nitrogen and oxygen atoms in total. The first-order valence-electron chi connectivity index (χ1n) is 8.76. The highest BCUT2D eigenvalue weighted by molar-refractivity contribution is 7.26. The molecule has 126 valence electrons. The van der Waals surface area contributed by atoms with Gasteiger partial charge in [0.25, 0.3) is 0 Å². The summed E-state index contributed by atoms with van der Waals surface area (Å²) in [5.41, 5.74) is 7.32. The van der Waals surface area contributed by atoms with Gasteiger partial charge in [0.1, 0.15) is 0 Å². The van der Waals surface area contributed by atoms with Gasteiger partial charge in [0, 0.05) is 23.3 Å². The fourth-order valence-electron chi connectivity index (χ4n) is 3.55. The van der Waals surface area contributed by atoms with E-state index in [0.717, 1.165) is 17.6 Å². The third-order valence-corrected chi connectivity index (χ3v) is 5.75. The average Bonchev–Trinajstić information content (AvgIpc) is 2.93. The topological polar surface area (TPSA) is 25.8 Å². The maximum atomic E-state index is 4.73. The fourth-order valence-corrected chi connectivity index (χ4v) is 4.84. The Labute approximate surface area is 152 Å². The molecule has 0 aliphatic rings. The van der Waals surface area contributed by atoms with E-state index in [2.05, 4.69) is 63.0 Å². The van der Waals surface area contributed by atoms with E-state index >= 15 is 0 Å². The maximum Gasteiger partial charge on any atom is 0.0892 e. The molecule has 3 heteroatoms. The zero-order valence-corrected chi connectivity index (χ0v) is 15.9. The molecule has 0 saturated heterocycles. The van der Waals surface area contributed by atoms with E-state index in [4.69, 9.17) is 4.98 Å². The number of pyridine rings is 2. The van der Waals surface area contributed by atoms with Crippen molar-refractivity contribution in [2.24, 2.45) is 5.92 Å². The zero-order chi connectivity index (χ0) is 17.6. The fraction of sp³-hybridized carbons (Fsp3) is 0.273. The molecule has 0 radical (unpaired) electrons. The van der Waals surface area contributed by atoms with Crippen LogP contribution in [-0.2, 0) is 6.42 Å². The summed E-state index contributed by atoms with van der Waals surface area (Å²) in [6.45, 7) is 8.82. The summed E-state index contributed by atoms with van der Waals surface area (Å²) in [7, 11) is 0. The molecule has 0 amide bonds. The van der Waals surface area contributed by atoms with Crippen molar-refractivity contribution in [1.82, 2.24) is 9.97 Å². The highest BCUT2D eigenvalue weighted by atomic mass is 32.1. The van der Waals surface area contributed by atoms with Crippen LogP contribution in [0.15, 0.2) is 42.7 Å². The number of aryl methyl sites for hydroxylation is 2. The molecule has 25 heavy (non-hydrogen) atoms. The van der Waals surface area contributed by atoms with Gasteiger partial charge in [-0.25, -0.2) is 0 Å². The lowest BCUT2D eigenvalue weighted by atomic mass is 10.0. The molecule has 4 rings (SSSR count). The van der Waals surface area contributed by atoms with Gasteiger partial charge in [0.2, 0.25) is 0 Å². The molecule has 0 saturated carbocycles. The summed E-state index contributed by atoms with van der Waals surface area (Å²) in [6, 6.07) is 10.9. The van der Waals surface area contributed by atoms with Crippen LogP contribution < -0.4 is 0 Å². The summed E-state index contributed by atoms with van der Waals surface area (Å²) in [4.78, 5) is 9.42. The molecule has 4 aromatic rings. The van der Waals surface area contributed by atoms with Crippen LogP contribution in [0.1, 0.15) is 30.5 Å². The molecule has 3 heterocycles. The minimum atomic E-state index is 0.632. The minimum absolute atomic E-state index is 0.632. The molecule has 3 aromatic heterocycles. The van der Waals surface area contributed by atoms with Crippen molar-refractivity contribution in [3.8, 4) is 11.3 Å². The third kappa shape index (κ3) is 2.93. The number of hydrogen-bond acceptors (Lipinski definition) is 3. The smallest absolute Gasteiger partial charge is 0.0892 e. The van der Waals surface area contributed by atoms with E-state index in [1.807, 2.05) is 23.7 Å². The lowest BCUT2D eigenvalue weighted by Crippen LogP contribution is -1.94. The minimum Gasteiger partial charge on any atom is -0.255 e. The second-order valence-electron chi connectivity index (χ2n) is 7.26. The Bertz CT molecular complexity index is 1060. The number of nitrogens with zero attached hydrogens (tertiary/aromatic N) is 2. The largest absolute Gasteiger partial charge is 0.255 e. The van der Waals surface area contributed by atoms with Crippen molar-refractivity contribution in [3.63, 3.8) is 0 Å². The normalized spacial score (nSPS) is 11.7. The Kier molecular flexibility index (Phi) is 4.04. The van der Waals surface area contributed by atoms with Crippen LogP contribution in [0.5, 0.6) is 0 Å². The number of aromatic nitrogens is 2. The van der Waals surface area contributed by atoms with E-state index < -0.39 is 0 Å². The molecular weight excluding hydrogens is 324 g/mol. The second-order valence-corrected chi connectivity index (χ2v) is 8.28. The highest BCUT2D eigenvalue weighted by Crippen LogP contribution is 2.39. The van der Waals surface area contributed by atoms with Crippen LogP contribution in [0.4, 0.5) is 0 Å². The van der Waals surface area contributed by atoms with Crippen LogP contribution in [0.25, 0.3) is 31.6 Å². The summed E-state index contributed by atoms with van der Waals surface area (Å²) < 4.78 is 2.55. The number of hydrogen-bond donors (Lipinski definition) is 0. The summed E-state index contributed by atoms with van der Waals surface area (Å²) in [6.07, 6.45) is 4.94. The third-order valence-electron chi connectivity index (χ3n) is 4.47. The van der Waals surface area contributed by atoms with Gasteiger partial charge in [-0.2, -0.15) is 0 Å². The van der Waals surface area contributed by atoms with E-state index in [9.17, 15) is 0 Å². The lowest BCUT2D eigenvalue weighted by molar-refractivity contribution is 0.650. The zero-order valence-electron chi connectivity index (χ0n) is 15.1. The first-order valence-corrected chi connectivity index (χ1v) is 9.58. The Morgan fingerprint density at radius 2 is 1.64 bits per heavy atom. The van der Waals surface area contributed by atoms with Gasteiger partial charge < -0.3 is 0 Å². The molecule has 0 aliphatic carbocycles. The van der Waals surface area contributed by atoms with E-state index in [-0.39, 0.29) is 0 Å². The molecule has 0 atom stereocenters. The van der Waals surface area contributed by atoms with Crippen molar-refractivity contribution < 1.29 is 0 Å². The van der Waals surface area contributed by atoms with Crippen LogP contribution in [-0.4, -0.2) is 9.97 Å². The van der Waals surface area contributed by atoms with Gasteiger partial charge in [0.05, 0.1) is 20.6 Å². The predicted octanol–water partition coefficient (Wildman–Crippen LogP) is 6.33. The Balaban J connectivity index is 2.01. The molecule has 0 aliphatic heterocycles. The van der Waals surface area contributed by atoms with Gasteiger partial charge in [-0.15, -0.1) is 11.3 Å². The summed E-state index contributed by atoms with van der Waals surface area (Å²) in [5.74, 6) is 0.632. The molecule has 0 fully saturated rings. The average molecular weight is 346 g/mol. The molecule has 0 unspecified atom stereocenters. The van der Waals surface area contributed by atoms with Gasteiger partial charge >= 0.3 is 0 Å². The summed E-state index contributed by atoms with van der Waals surface area (Å²) in [5, 5.41) is 1.22. The van der Waals surface area contributed by atoms with E-state index in [1.54, 1.807) is 0 Å². The standard InChI is InChI=1S/C22H22N2S/c1-13(2)9-16-5-7-24-20-18-6-8-23-19(22(18)25-21(16)20)17-11-14(3)10-15(4)12-17/h5-8,10-13H,9H2,1-4H3. The van der Waals surface area contributed by atoms with Crippen LogP contribution in [0, 0.1) is 19.8 Å². The predicted molar refractivity (Wildman–Crippen MR) is 108 cm³/mol. The molecule has 0 bridgehead atoms. The van der Waals surface area contributed by atoms with Crippen molar-refractivity contribution in [2.45, 2.75) is 34.1 Å². The van der Waals surface area contributed by atoms with Gasteiger partial charge in [0.15, 0.2) is 0 Å². The van der Waals surface area contributed by atoms with E-state index in [1.165, 1.54) is 37.0 Å². The number of rotatable bonds is 3. The van der Waals surface area contributed by atoms with Crippen molar-refractivity contribution >= 4 is 31.6 Å². The number of fused-ring (bicyclic) bond motifs is 3. The van der Waals surface area contributed by atoms with E-state index in [0.29, 0.717) is 5.92 Å². The maximum absolute atomic E-state index is 4.73. The van der Waals surface area contributed by atoms with Gasteiger partial charge in [-0.3, -0.25) is 9.97 Å². The first-order chi connectivity index (χ1) is 12.0. The molecule has 0 N–H and O–H groups in total. The van der Waals surface area contributed by atoms with Crippen molar-refractivity contribution in [3.05, 3.63) is 59.4 Å². The van der Waals surface area contributed by atoms with Crippen molar-refractivity contribution in [1.29, 1.82) is 0 Å². The highest BCUT2D eigenvalue weighted by Gasteiger charge is 2.15. The lowest BCUT2D eigenvalue weighted by Gasteiger charge is -2.05. The van der Waals surface area contributed by atoms with Crippen LogP contribution in [0.3, 0.4) is 0 Å². The quantitative estimate of drug-likeness (QED) is 0.433. The molecule has 1 aromatic carbocycles. The summed E-state index contributed by atoms with van der Waals surface area (Å²) >= 11 is 1.84. The Hall–Kier alpha value is -2.26.